The number of carboxylic acid groups (broad SMARTS) is 1. The number of ether oxygens (including phenoxy) is 1. The van der Waals surface area contributed by atoms with E-state index >= 15 is 0 Å². The van der Waals surface area contributed by atoms with Crippen LogP contribution < -0.4 is 9.64 Å². The van der Waals surface area contributed by atoms with Crippen LogP contribution in [0.5, 0.6) is 5.75 Å². The summed E-state index contributed by atoms with van der Waals surface area (Å²) in [5.74, 6) is -1.62. The highest BCUT2D eigenvalue weighted by atomic mass is 32.2. The van der Waals surface area contributed by atoms with E-state index in [1.807, 2.05) is 6.92 Å². The van der Waals surface area contributed by atoms with Crippen molar-refractivity contribution in [3.8, 4) is 5.75 Å². The number of hydrogen-bond acceptors (Lipinski definition) is 5. The van der Waals surface area contributed by atoms with Gasteiger partial charge in [0.25, 0.3) is 0 Å². The molecule has 0 aliphatic carbocycles. The number of carbonyl (C=O) groups is 1. The predicted molar refractivity (Wildman–Crippen MR) is 74.1 cm³/mol. The summed E-state index contributed by atoms with van der Waals surface area (Å²) in [5, 5.41) is 8.67. The zero-order valence-electron chi connectivity index (χ0n) is 11.2. The number of rotatable bonds is 5. The molecule has 1 heterocycles. The van der Waals surface area contributed by atoms with Gasteiger partial charge in [-0.25, -0.2) is 8.42 Å². The molecule has 1 N–H and O–H groups in total. The molecule has 0 saturated carbocycles. The largest absolute Gasteiger partial charge is 0.490 e. The average molecular weight is 299 g/mol. The Bertz CT molecular complexity index is 611. The van der Waals surface area contributed by atoms with E-state index in [1.165, 1.54) is 12.1 Å². The fourth-order valence-electron chi connectivity index (χ4n) is 2.19. The van der Waals surface area contributed by atoms with Crippen molar-refractivity contribution in [1.29, 1.82) is 0 Å². The topological polar surface area (TPSA) is 83.9 Å². The molecule has 1 aromatic carbocycles. The number of nitrogens with zero attached hydrogens (tertiary/aromatic N) is 1. The molecule has 110 valence electrons. The summed E-state index contributed by atoms with van der Waals surface area (Å²) in [6, 6.07) is 4.49. The molecule has 0 unspecified atom stereocenters. The molecule has 20 heavy (non-hydrogen) atoms. The molecule has 0 fully saturated rings. The van der Waals surface area contributed by atoms with Gasteiger partial charge in [0.1, 0.15) is 12.4 Å². The summed E-state index contributed by atoms with van der Waals surface area (Å²) in [6.45, 7) is 4.11. The SMILES string of the molecule is CCCN1CCOc2ccc(S(=O)(=O)CC(=O)O)cc21. The first-order chi connectivity index (χ1) is 9.44. The summed E-state index contributed by atoms with van der Waals surface area (Å²) in [5.41, 5.74) is 0.713. The number of benzene rings is 1. The van der Waals surface area contributed by atoms with Gasteiger partial charge in [-0.15, -0.1) is 0 Å². The van der Waals surface area contributed by atoms with Crippen molar-refractivity contribution < 1.29 is 23.1 Å². The van der Waals surface area contributed by atoms with Crippen LogP contribution in [0.1, 0.15) is 13.3 Å². The van der Waals surface area contributed by atoms with Gasteiger partial charge in [0, 0.05) is 6.54 Å². The van der Waals surface area contributed by atoms with E-state index in [9.17, 15) is 13.2 Å². The first-order valence-corrected chi connectivity index (χ1v) is 8.05. The Morgan fingerprint density at radius 2 is 2.20 bits per heavy atom. The molecule has 7 heteroatoms. The van der Waals surface area contributed by atoms with Gasteiger partial charge in [-0.1, -0.05) is 6.92 Å². The molecule has 6 nitrogen and oxygen atoms in total. The highest BCUT2D eigenvalue weighted by Gasteiger charge is 2.23. The molecule has 2 rings (SSSR count). The second kappa shape index (κ2) is 5.70. The fourth-order valence-corrected chi connectivity index (χ4v) is 3.25. The van der Waals surface area contributed by atoms with Crippen LogP contribution >= 0.6 is 0 Å². The van der Waals surface area contributed by atoms with Gasteiger partial charge in [0.15, 0.2) is 15.6 Å². The number of anilines is 1. The number of aliphatic carboxylic acids is 1. The Balaban J connectivity index is 2.39. The van der Waals surface area contributed by atoms with Crippen molar-refractivity contribution in [2.24, 2.45) is 0 Å². The van der Waals surface area contributed by atoms with Crippen LogP contribution in [0.2, 0.25) is 0 Å². The molecule has 0 saturated heterocycles. The lowest BCUT2D eigenvalue weighted by atomic mass is 10.2. The minimum absolute atomic E-state index is 0.0188. The second-order valence-corrected chi connectivity index (χ2v) is 6.61. The van der Waals surface area contributed by atoms with Crippen LogP contribution in [-0.4, -0.2) is 44.9 Å². The molecule has 1 aromatic rings. The maximum atomic E-state index is 12.0. The average Bonchev–Trinajstić information content (AvgIpc) is 2.37. The fraction of sp³-hybridized carbons (Fsp3) is 0.462. The van der Waals surface area contributed by atoms with Crippen molar-refractivity contribution in [1.82, 2.24) is 0 Å². The quantitative estimate of drug-likeness (QED) is 0.878. The van der Waals surface area contributed by atoms with E-state index in [0.717, 1.165) is 13.0 Å². The van der Waals surface area contributed by atoms with Crippen LogP contribution in [0.4, 0.5) is 5.69 Å². The van der Waals surface area contributed by atoms with Crippen molar-refractivity contribution in [2.75, 3.05) is 30.3 Å². The van der Waals surface area contributed by atoms with Gasteiger partial charge in [0.05, 0.1) is 17.1 Å². The lowest BCUT2D eigenvalue weighted by molar-refractivity contribution is -0.134. The van der Waals surface area contributed by atoms with Gasteiger partial charge in [-0.05, 0) is 24.6 Å². The second-order valence-electron chi connectivity index (χ2n) is 4.62. The first kappa shape index (κ1) is 14.6. The standard InChI is InChI=1S/C13H17NO5S/c1-2-5-14-6-7-19-12-4-3-10(8-11(12)14)20(17,18)9-13(15)16/h3-4,8H,2,5-7,9H2,1H3,(H,15,16). The Kier molecular flexibility index (Phi) is 4.17. The van der Waals surface area contributed by atoms with Crippen molar-refractivity contribution in [2.45, 2.75) is 18.2 Å². The predicted octanol–water partition coefficient (Wildman–Crippen LogP) is 1.15. The van der Waals surface area contributed by atoms with E-state index in [1.54, 1.807) is 6.07 Å². The van der Waals surface area contributed by atoms with Crippen molar-refractivity contribution in [3.05, 3.63) is 18.2 Å². The van der Waals surface area contributed by atoms with Crippen LogP contribution in [-0.2, 0) is 14.6 Å². The molecule has 0 atom stereocenters. The Labute approximate surface area is 117 Å². The summed E-state index contributed by atoms with van der Waals surface area (Å²) in [6.07, 6.45) is 0.936. The maximum Gasteiger partial charge on any atom is 0.319 e. The molecule has 0 spiro atoms. The Morgan fingerprint density at radius 3 is 2.85 bits per heavy atom. The lowest BCUT2D eigenvalue weighted by Gasteiger charge is -2.31. The molecule has 0 aromatic heterocycles. The van der Waals surface area contributed by atoms with Crippen LogP contribution in [0.25, 0.3) is 0 Å². The summed E-state index contributed by atoms with van der Waals surface area (Å²) < 4.78 is 29.4. The monoisotopic (exact) mass is 299 g/mol. The smallest absolute Gasteiger partial charge is 0.319 e. The molecule has 1 aliphatic rings. The molecule has 1 aliphatic heterocycles. The van der Waals surface area contributed by atoms with Crippen LogP contribution in [0.15, 0.2) is 23.1 Å². The molecular weight excluding hydrogens is 282 g/mol. The zero-order valence-corrected chi connectivity index (χ0v) is 12.0. The molecular formula is C13H17NO5S. The number of fused-ring (bicyclic) bond motifs is 1. The van der Waals surface area contributed by atoms with E-state index < -0.39 is 21.6 Å². The normalized spacial score (nSPS) is 14.6. The van der Waals surface area contributed by atoms with E-state index in [-0.39, 0.29) is 4.90 Å². The first-order valence-electron chi connectivity index (χ1n) is 6.40. The highest BCUT2D eigenvalue weighted by molar-refractivity contribution is 7.92. The Hall–Kier alpha value is -1.76. The molecule has 0 bridgehead atoms. The Morgan fingerprint density at radius 1 is 1.45 bits per heavy atom. The van der Waals surface area contributed by atoms with Gasteiger partial charge in [-0.3, -0.25) is 4.79 Å². The van der Waals surface area contributed by atoms with Gasteiger partial charge >= 0.3 is 5.97 Å². The number of sulfone groups is 1. The van der Waals surface area contributed by atoms with E-state index in [2.05, 4.69) is 4.90 Å². The van der Waals surface area contributed by atoms with Gasteiger partial charge in [-0.2, -0.15) is 0 Å². The summed E-state index contributed by atoms with van der Waals surface area (Å²) >= 11 is 0. The highest BCUT2D eigenvalue weighted by Crippen LogP contribution is 2.34. The van der Waals surface area contributed by atoms with Crippen LogP contribution in [0, 0.1) is 0 Å². The molecule has 0 amide bonds. The van der Waals surface area contributed by atoms with Crippen molar-refractivity contribution in [3.63, 3.8) is 0 Å². The third-order valence-electron chi connectivity index (χ3n) is 3.06. The van der Waals surface area contributed by atoms with E-state index in [0.29, 0.717) is 24.6 Å². The van der Waals surface area contributed by atoms with Crippen molar-refractivity contribution >= 4 is 21.5 Å². The minimum atomic E-state index is -3.81. The summed E-state index contributed by atoms with van der Waals surface area (Å²) in [7, 11) is -3.81. The van der Waals surface area contributed by atoms with Gasteiger partial charge in [0.2, 0.25) is 0 Å². The lowest BCUT2D eigenvalue weighted by Crippen LogP contribution is -2.33. The summed E-state index contributed by atoms with van der Waals surface area (Å²) in [4.78, 5) is 12.7. The minimum Gasteiger partial charge on any atom is -0.490 e. The maximum absolute atomic E-state index is 12.0. The zero-order chi connectivity index (χ0) is 14.8. The number of hydrogen-bond donors (Lipinski definition) is 1. The van der Waals surface area contributed by atoms with Gasteiger partial charge < -0.3 is 14.7 Å². The van der Waals surface area contributed by atoms with E-state index in [4.69, 9.17) is 9.84 Å². The molecule has 0 radical (unpaired) electrons. The third-order valence-corrected chi connectivity index (χ3v) is 4.66. The number of carboxylic acids is 1. The third kappa shape index (κ3) is 3.04. The van der Waals surface area contributed by atoms with Crippen LogP contribution in [0.3, 0.4) is 0 Å².